The van der Waals surface area contributed by atoms with E-state index in [1.54, 1.807) is 46.9 Å². The number of halogens is 8. The van der Waals surface area contributed by atoms with Gasteiger partial charge >= 0.3 is 0 Å². The van der Waals surface area contributed by atoms with Crippen molar-refractivity contribution in [3.63, 3.8) is 0 Å². The van der Waals surface area contributed by atoms with E-state index in [4.69, 9.17) is 34.9 Å². The molecule has 16 nitrogen and oxygen atoms in total. The number of nitrogens with one attached hydrogen (secondary N) is 4. The van der Waals surface area contributed by atoms with Crippen LogP contribution in [0.5, 0.6) is 0 Å². The first kappa shape index (κ1) is 82.3. The van der Waals surface area contributed by atoms with Gasteiger partial charge in [-0.2, -0.15) is 0 Å². The summed E-state index contributed by atoms with van der Waals surface area (Å²) < 4.78 is 96.3. The van der Waals surface area contributed by atoms with E-state index in [9.17, 15) is 49.9 Å². The minimum Gasteiger partial charge on any atom is -0.309 e. The number of thiophene rings is 4. The quantitative estimate of drug-likeness (QED) is 0.0326. The Morgan fingerprint density at radius 3 is 0.967 bits per heavy atom. The van der Waals surface area contributed by atoms with E-state index in [-0.39, 0.29) is 30.0 Å². The highest BCUT2D eigenvalue weighted by molar-refractivity contribution is 14.1. The average molecular weight is 1830 g/mol. The standard InChI is InChI=1S/C24H14F5N3OS.C24H17F2N3OS.C24H18IN3OS.C23H17N3OS/c25-17-13(18(26)20(28)21(29)19(17)27)10-16(33)31-24-23(15-6-3-9-34-15)32-22-12-5-2-1-4-11(12)7-8-14(22)30-24;25-17-9-7-14(12-18(17)26)13-21(30)28-24-23(20-6-3-11-31-20)29-22-16-5-2-1-4-15(16)8-10-19(22)27-24;25-17-10-7-15(8-11-17)14-21(29)27-24-23(20-6-3-13-30-20)28-22-18-5-2-1-4-16(18)9-12-19(22)26-24;27-23(16-8-2-1-3-9-16)26-22-21(19-11-6-14-28-19)25-20-17-10-5-4-7-15(17)12-13-18(20)24-22/h1-6,9H,7-8,10H2,(H,30,31,33);1-7,9,11-12H,8,10,13H2,(H,27,28,30);1-8,10-11,13H,9,12,14H2,(H,26,27,29);1-11,14H,12-13H2,(H,24,26,27). The summed E-state index contributed by atoms with van der Waals surface area (Å²) >= 11 is 8.31. The zero-order valence-corrected chi connectivity index (χ0v) is 70.2. The summed E-state index contributed by atoms with van der Waals surface area (Å²) in [7, 11) is 0. The maximum Gasteiger partial charge on any atom is 0.256 e. The van der Waals surface area contributed by atoms with E-state index in [1.165, 1.54) is 45.4 Å². The van der Waals surface area contributed by atoms with Crippen molar-refractivity contribution in [2.24, 2.45) is 0 Å². The maximum atomic E-state index is 14.0. The van der Waals surface area contributed by atoms with Crippen LogP contribution in [0.2, 0.25) is 0 Å². The molecule has 8 heterocycles. The van der Waals surface area contributed by atoms with Gasteiger partial charge < -0.3 is 21.3 Å². The molecule has 4 amide bonds. The van der Waals surface area contributed by atoms with Gasteiger partial charge in [-0.05, 0) is 190 Å². The second kappa shape index (κ2) is 36.7. The van der Waals surface area contributed by atoms with Gasteiger partial charge in [0.1, 0.15) is 22.8 Å². The van der Waals surface area contributed by atoms with Gasteiger partial charge in [0.2, 0.25) is 23.5 Å². The van der Waals surface area contributed by atoms with Crippen LogP contribution in [0, 0.1) is 44.3 Å². The lowest BCUT2D eigenvalue weighted by atomic mass is 9.92. The lowest BCUT2D eigenvalue weighted by molar-refractivity contribution is -0.116. The topological polar surface area (TPSA) is 220 Å². The minimum absolute atomic E-state index is 0.0504. The Kier molecular flexibility index (Phi) is 24.6. The number of anilines is 4. The number of nitrogens with zero attached hydrogens (tertiary/aromatic N) is 8. The van der Waals surface area contributed by atoms with Gasteiger partial charge in [-0.25, -0.2) is 70.6 Å². The van der Waals surface area contributed by atoms with Crippen LogP contribution in [0.1, 0.15) is 72.1 Å². The summed E-state index contributed by atoms with van der Waals surface area (Å²) in [5.74, 6) is -12.6. The van der Waals surface area contributed by atoms with Gasteiger partial charge in [0.25, 0.3) is 5.91 Å². The monoisotopic (exact) mass is 1830 g/mol. The molecule has 4 N–H and O–H groups in total. The van der Waals surface area contributed by atoms with Gasteiger partial charge in [0.15, 0.2) is 58.2 Å². The predicted molar refractivity (Wildman–Crippen MR) is 476 cm³/mol. The molecule has 4 aliphatic rings. The van der Waals surface area contributed by atoms with E-state index in [1.807, 2.05) is 155 Å². The van der Waals surface area contributed by atoms with E-state index < -0.39 is 58.6 Å². The molecule has 610 valence electrons. The van der Waals surface area contributed by atoms with Crippen LogP contribution in [0.25, 0.3) is 87.3 Å². The van der Waals surface area contributed by atoms with Crippen LogP contribution in [0.3, 0.4) is 0 Å². The fraction of sp³-hybridized carbons (Fsp3) is 0.116. The van der Waals surface area contributed by atoms with Gasteiger partial charge in [-0.1, -0.05) is 158 Å². The second-order valence-corrected chi connectivity index (χ2v) is 33.9. The molecule has 0 saturated carbocycles. The number of benzene rings is 8. The third-order valence-corrected chi connectivity index (χ3v) is 25.0. The lowest BCUT2D eigenvalue weighted by Gasteiger charge is -2.20. The van der Waals surface area contributed by atoms with E-state index in [0.717, 1.165) is 148 Å². The van der Waals surface area contributed by atoms with Gasteiger partial charge in [-0.3, -0.25) is 19.2 Å². The Morgan fingerprint density at radius 2 is 0.618 bits per heavy atom. The number of aryl methyl sites for hydroxylation is 8. The number of aromatic nitrogens is 8. The smallest absolute Gasteiger partial charge is 0.256 e. The summed E-state index contributed by atoms with van der Waals surface area (Å²) in [5, 5.41) is 19.1. The van der Waals surface area contributed by atoms with Crippen molar-refractivity contribution in [1.82, 2.24) is 39.9 Å². The molecule has 8 aromatic heterocycles. The van der Waals surface area contributed by atoms with Crippen LogP contribution < -0.4 is 21.3 Å². The van der Waals surface area contributed by atoms with Crippen molar-refractivity contribution >= 4 is 115 Å². The average Bonchev–Trinajstić information content (AvgIpc) is 1.62. The third-order valence-electron chi connectivity index (χ3n) is 20.8. The first-order valence-corrected chi connectivity index (χ1v) is 43.6. The Hall–Kier alpha value is -13.0. The molecule has 0 fully saturated rings. The summed E-state index contributed by atoms with van der Waals surface area (Å²) in [6.45, 7) is 0. The number of hydrogen-bond acceptors (Lipinski definition) is 16. The summed E-state index contributed by atoms with van der Waals surface area (Å²) in [6, 6.07) is 68.6. The van der Waals surface area contributed by atoms with Crippen molar-refractivity contribution in [2.75, 3.05) is 21.3 Å². The largest absolute Gasteiger partial charge is 0.309 e. The van der Waals surface area contributed by atoms with Gasteiger partial charge in [0.05, 0.1) is 84.3 Å². The van der Waals surface area contributed by atoms with Crippen LogP contribution >= 0.6 is 67.9 Å². The maximum absolute atomic E-state index is 14.0. The fourth-order valence-electron chi connectivity index (χ4n) is 14.9. The molecule has 0 spiro atoms. The minimum atomic E-state index is -2.28. The van der Waals surface area contributed by atoms with Crippen LogP contribution in [0.15, 0.2) is 240 Å². The van der Waals surface area contributed by atoms with Crippen molar-refractivity contribution in [2.45, 2.75) is 70.6 Å². The zero-order valence-electron chi connectivity index (χ0n) is 64.7. The first-order valence-electron chi connectivity index (χ1n) is 39.0. The van der Waals surface area contributed by atoms with Gasteiger partial charge in [-0.15, -0.1) is 45.3 Å². The Balaban J connectivity index is 0.000000117. The SMILES string of the molecule is O=C(Cc1c(F)c(F)c(F)c(F)c1F)Nc1nc2c(nc1-c1cccs1)-c1ccccc1CC2.O=C(Cc1ccc(F)c(F)c1)Nc1nc2c(nc1-c1cccs1)-c1ccccc1CC2.O=C(Cc1ccc(I)cc1)Nc1nc2c(nc1-c1cccs1)-c1ccccc1CC2.O=C(Nc1nc2c(nc1-c1cccs1)-c1ccccc1CC2)c1ccccc1. The normalized spacial score (nSPS) is 12.2. The molecule has 16 aromatic rings. The molecule has 0 unspecified atom stereocenters. The third kappa shape index (κ3) is 18.2. The molecule has 0 radical (unpaired) electrons. The van der Waals surface area contributed by atoms with Gasteiger partial charge in [0, 0.05) is 37.0 Å². The number of carbonyl (C=O) groups excluding carboxylic acids is 4. The molecule has 20 rings (SSSR count). The molecular formula is C95H66F7IN12O4S4. The van der Waals surface area contributed by atoms with E-state index in [0.29, 0.717) is 75.5 Å². The second-order valence-electron chi connectivity index (χ2n) is 28.8. The van der Waals surface area contributed by atoms with E-state index in [2.05, 4.69) is 91.3 Å². The molecule has 28 heteroatoms. The van der Waals surface area contributed by atoms with Crippen LogP contribution in [0.4, 0.5) is 54.0 Å². The molecule has 123 heavy (non-hydrogen) atoms. The summed E-state index contributed by atoms with van der Waals surface area (Å²) in [4.78, 5) is 93.0. The summed E-state index contributed by atoms with van der Waals surface area (Å²) in [5.41, 5.74) is 19.0. The number of carbonyl (C=O) groups is 4. The number of rotatable bonds is 15. The molecule has 8 aromatic carbocycles. The highest BCUT2D eigenvalue weighted by Crippen LogP contribution is 2.43. The highest BCUT2D eigenvalue weighted by atomic mass is 127. The Morgan fingerprint density at radius 1 is 0.301 bits per heavy atom. The van der Waals surface area contributed by atoms with Crippen LogP contribution in [-0.4, -0.2) is 63.5 Å². The molecule has 4 aliphatic carbocycles. The summed E-state index contributed by atoms with van der Waals surface area (Å²) in [6.07, 6.45) is 5.52. The fourth-order valence-corrected chi connectivity index (χ4v) is 18.1. The lowest BCUT2D eigenvalue weighted by Crippen LogP contribution is -2.21. The molecule has 0 atom stereocenters. The molecular weight excluding hydrogens is 1760 g/mol. The predicted octanol–water partition coefficient (Wildman–Crippen LogP) is 22.3. The number of hydrogen-bond donors (Lipinski definition) is 4. The first-order chi connectivity index (χ1) is 59.9. The van der Waals surface area contributed by atoms with E-state index >= 15 is 0 Å². The Labute approximate surface area is 729 Å². The number of amides is 4. The molecule has 0 bridgehead atoms. The highest BCUT2D eigenvalue weighted by Gasteiger charge is 2.32. The van der Waals surface area contributed by atoms with Crippen molar-refractivity contribution in [3.05, 3.63) is 351 Å². The zero-order chi connectivity index (χ0) is 84.8. The Bertz CT molecular complexity index is 6680. The van der Waals surface area contributed by atoms with Crippen molar-refractivity contribution < 1.29 is 49.9 Å². The number of fused-ring (bicyclic) bond motifs is 12. The van der Waals surface area contributed by atoms with Crippen molar-refractivity contribution in [3.8, 4) is 87.3 Å². The molecule has 0 saturated heterocycles. The van der Waals surface area contributed by atoms with Crippen molar-refractivity contribution in [1.29, 1.82) is 0 Å². The molecule has 0 aliphatic heterocycles. The van der Waals surface area contributed by atoms with Crippen LogP contribution in [-0.2, 0) is 85.0 Å².